The van der Waals surface area contributed by atoms with Crippen LogP contribution in [0.3, 0.4) is 0 Å². The summed E-state index contributed by atoms with van der Waals surface area (Å²) in [6, 6.07) is 6.73. The third-order valence-electron chi connectivity index (χ3n) is 2.07. The van der Waals surface area contributed by atoms with Crippen LogP contribution in [-0.2, 0) is 9.68 Å². The Bertz CT molecular complexity index is 352. The molecule has 0 aliphatic heterocycles. The van der Waals surface area contributed by atoms with Gasteiger partial charge in [0.2, 0.25) is 0 Å². The van der Waals surface area contributed by atoms with E-state index in [2.05, 4.69) is 5.73 Å². The van der Waals surface area contributed by atoms with E-state index in [0.29, 0.717) is 10.8 Å². The number of halogens is 1. The Labute approximate surface area is 113 Å². The van der Waals surface area contributed by atoms with Gasteiger partial charge in [0.25, 0.3) is 0 Å². The number of rotatable bonds is 5. The first kappa shape index (κ1) is 16.9. The van der Waals surface area contributed by atoms with Crippen LogP contribution in [0.1, 0.15) is 20.8 Å². The predicted molar refractivity (Wildman–Crippen MR) is 72.6 cm³/mol. The van der Waals surface area contributed by atoms with Gasteiger partial charge in [0.15, 0.2) is 17.6 Å². The molecule has 1 aromatic rings. The van der Waals surface area contributed by atoms with E-state index in [-0.39, 0.29) is 11.7 Å². The molecule has 1 aromatic carbocycles. The molecule has 0 heterocycles. The lowest BCUT2D eigenvalue weighted by Crippen LogP contribution is -2.26. The molecule has 0 aliphatic rings. The van der Waals surface area contributed by atoms with E-state index >= 15 is 0 Å². The fourth-order valence-corrected chi connectivity index (χ4v) is 1.26. The van der Waals surface area contributed by atoms with Crippen LogP contribution in [-0.4, -0.2) is 18.9 Å². The molecule has 1 unspecified atom stereocenters. The molecular weight excluding hydrogens is 254 g/mol. The molecule has 4 nitrogen and oxygen atoms in total. The van der Waals surface area contributed by atoms with Crippen molar-refractivity contribution in [1.82, 2.24) is 0 Å². The van der Waals surface area contributed by atoms with Crippen molar-refractivity contribution < 1.29 is 14.6 Å². The molecule has 5 heteroatoms. The van der Waals surface area contributed by atoms with Crippen LogP contribution in [0.15, 0.2) is 24.3 Å². The van der Waals surface area contributed by atoms with Crippen LogP contribution in [0, 0.1) is 5.92 Å². The molecule has 0 saturated heterocycles. The molecule has 0 amide bonds. The third kappa shape index (κ3) is 6.00. The zero-order valence-electron chi connectivity index (χ0n) is 11.1. The monoisotopic (exact) mass is 273 g/mol. The smallest absolute Gasteiger partial charge is 0.168 e. The highest BCUT2D eigenvalue weighted by Crippen LogP contribution is 2.16. The van der Waals surface area contributed by atoms with Gasteiger partial charge in [0, 0.05) is 10.9 Å². The fraction of sp³-hybridized carbons (Fsp3) is 0.462. The number of carbonyl (C=O) groups excluding carboxylic acids is 1. The summed E-state index contributed by atoms with van der Waals surface area (Å²) in [6.45, 7) is 5.31. The molecule has 0 aromatic heterocycles. The van der Waals surface area contributed by atoms with E-state index in [0.717, 1.165) is 0 Å². The molecule has 0 spiro atoms. The number of nitrogens with two attached hydrogens (primary N) is 1. The zero-order chi connectivity index (χ0) is 14.1. The van der Waals surface area contributed by atoms with Gasteiger partial charge in [-0.25, -0.2) is 0 Å². The minimum atomic E-state index is -0.573. The SMILES string of the molecule is CC(C)C(=O)C(C)OOc1ccc(Cl)cc1.CN. The largest absolute Gasteiger partial charge is 0.337 e. The fourth-order valence-electron chi connectivity index (χ4n) is 1.13. The van der Waals surface area contributed by atoms with E-state index in [1.165, 1.54) is 7.05 Å². The van der Waals surface area contributed by atoms with Gasteiger partial charge in [0.1, 0.15) is 0 Å². The van der Waals surface area contributed by atoms with Crippen molar-refractivity contribution in [2.24, 2.45) is 11.7 Å². The maximum absolute atomic E-state index is 11.5. The van der Waals surface area contributed by atoms with E-state index in [4.69, 9.17) is 21.4 Å². The summed E-state index contributed by atoms with van der Waals surface area (Å²) in [5.74, 6) is 0.464. The third-order valence-corrected chi connectivity index (χ3v) is 2.32. The summed E-state index contributed by atoms with van der Waals surface area (Å²) in [5, 5.41) is 0.624. The van der Waals surface area contributed by atoms with Gasteiger partial charge in [-0.1, -0.05) is 25.4 Å². The van der Waals surface area contributed by atoms with Gasteiger partial charge in [-0.3, -0.25) is 4.79 Å². The molecule has 2 N–H and O–H groups in total. The van der Waals surface area contributed by atoms with Crippen molar-refractivity contribution >= 4 is 17.4 Å². The Morgan fingerprint density at radius 1 is 1.17 bits per heavy atom. The number of ketones is 1. The van der Waals surface area contributed by atoms with Crippen molar-refractivity contribution in [1.29, 1.82) is 0 Å². The van der Waals surface area contributed by atoms with E-state index in [1.807, 2.05) is 13.8 Å². The van der Waals surface area contributed by atoms with Crippen LogP contribution in [0.2, 0.25) is 5.02 Å². The minimum Gasteiger partial charge on any atom is -0.337 e. The molecule has 0 radical (unpaired) electrons. The summed E-state index contributed by atoms with van der Waals surface area (Å²) in [6.07, 6.45) is -0.573. The lowest BCUT2D eigenvalue weighted by atomic mass is 10.1. The molecule has 0 saturated carbocycles. The van der Waals surface area contributed by atoms with Gasteiger partial charge in [-0.2, -0.15) is 4.89 Å². The maximum Gasteiger partial charge on any atom is 0.168 e. The number of benzene rings is 1. The Morgan fingerprint density at radius 2 is 1.67 bits per heavy atom. The Balaban J connectivity index is 0.00000137. The average molecular weight is 274 g/mol. The maximum atomic E-state index is 11.5. The van der Waals surface area contributed by atoms with E-state index in [9.17, 15) is 4.79 Å². The summed E-state index contributed by atoms with van der Waals surface area (Å²) >= 11 is 5.72. The minimum absolute atomic E-state index is 0.00830. The standard InChI is InChI=1S/C12H15ClO3.CH5N/c1-8(2)12(14)9(3)15-16-11-6-4-10(13)5-7-11;1-2/h4-9H,1-3H3;2H2,1H3. The molecule has 0 fully saturated rings. The summed E-state index contributed by atoms with van der Waals surface area (Å²) in [5.41, 5.74) is 4.50. The van der Waals surface area contributed by atoms with Crippen molar-refractivity contribution in [3.05, 3.63) is 29.3 Å². The number of hydrogen-bond acceptors (Lipinski definition) is 4. The quantitative estimate of drug-likeness (QED) is 0.662. The summed E-state index contributed by atoms with van der Waals surface area (Å²) < 4.78 is 0. The second-order valence-corrected chi connectivity index (χ2v) is 4.27. The van der Waals surface area contributed by atoms with Crippen LogP contribution in [0.4, 0.5) is 0 Å². The second kappa shape index (κ2) is 8.91. The van der Waals surface area contributed by atoms with Crippen LogP contribution in [0.25, 0.3) is 0 Å². The van der Waals surface area contributed by atoms with Gasteiger partial charge in [-0.05, 0) is 38.2 Å². The highest BCUT2D eigenvalue weighted by molar-refractivity contribution is 6.30. The van der Waals surface area contributed by atoms with Gasteiger partial charge < -0.3 is 10.6 Å². The Morgan fingerprint density at radius 3 is 2.11 bits per heavy atom. The molecule has 0 aliphatic carbocycles. The second-order valence-electron chi connectivity index (χ2n) is 3.83. The number of hydrogen-bond donors (Lipinski definition) is 1. The van der Waals surface area contributed by atoms with E-state index < -0.39 is 6.10 Å². The van der Waals surface area contributed by atoms with Crippen molar-refractivity contribution in [2.45, 2.75) is 26.9 Å². The average Bonchev–Trinajstić information content (AvgIpc) is 2.39. The van der Waals surface area contributed by atoms with Crippen molar-refractivity contribution in [3.8, 4) is 5.75 Å². The zero-order valence-corrected chi connectivity index (χ0v) is 11.9. The van der Waals surface area contributed by atoms with Crippen LogP contribution in [0.5, 0.6) is 5.75 Å². The first-order valence-electron chi connectivity index (χ1n) is 5.71. The number of carbonyl (C=O) groups is 1. The van der Waals surface area contributed by atoms with Gasteiger partial charge in [0.05, 0.1) is 0 Å². The van der Waals surface area contributed by atoms with Crippen LogP contribution >= 0.6 is 11.6 Å². The Kier molecular flexibility index (Phi) is 8.37. The number of Topliss-reactive ketones (excluding diaryl/α,β-unsaturated/α-hetero) is 1. The van der Waals surface area contributed by atoms with E-state index in [1.54, 1.807) is 31.2 Å². The lowest BCUT2D eigenvalue weighted by Gasteiger charge is -2.13. The highest BCUT2D eigenvalue weighted by atomic mass is 35.5. The first-order valence-corrected chi connectivity index (χ1v) is 6.09. The predicted octanol–water partition coefficient (Wildman–Crippen LogP) is 2.84. The molecule has 102 valence electrons. The first-order chi connectivity index (χ1) is 8.50. The Hall–Kier alpha value is -1.10. The topological polar surface area (TPSA) is 61.5 Å². The summed E-state index contributed by atoms with van der Waals surface area (Å²) in [7, 11) is 1.50. The van der Waals surface area contributed by atoms with Gasteiger partial charge in [-0.15, -0.1) is 0 Å². The van der Waals surface area contributed by atoms with Crippen molar-refractivity contribution in [2.75, 3.05) is 7.05 Å². The van der Waals surface area contributed by atoms with Crippen molar-refractivity contribution in [3.63, 3.8) is 0 Å². The van der Waals surface area contributed by atoms with Gasteiger partial charge >= 0.3 is 0 Å². The lowest BCUT2D eigenvalue weighted by molar-refractivity contribution is -0.236. The molecule has 0 bridgehead atoms. The molecular formula is C13H20ClNO3. The molecule has 1 atom stereocenters. The normalized spacial score (nSPS) is 11.5. The highest BCUT2D eigenvalue weighted by Gasteiger charge is 2.18. The molecule has 18 heavy (non-hydrogen) atoms. The summed E-state index contributed by atoms with van der Waals surface area (Å²) in [4.78, 5) is 21.5. The molecule has 1 rings (SSSR count). The van der Waals surface area contributed by atoms with Crippen LogP contribution < -0.4 is 10.6 Å².